The maximum absolute atomic E-state index is 12.2. The fourth-order valence-electron chi connectivity index (χ4n) is 3.49. The van der Waals surface area contributed by atoms with Gasteiger partial charge in [0.15, 0.2) is 0 Å². The SMILES string of the molecule is COc1ccc(Nc2ccnc(N3CCC(NC(=O)Nc4ccccc4)CC3)n2)cc1. The molecule has 0 unspecified atom stereocenters. The Kier molecular flexibility index (Phi) is 6.47. The Bertz CT molecular complexity index is 988. The summed E-state index contributed by atoms with van der Waals surface area (Å²) >= 11 is 0. The number of piperidine rings is 1. The standard InChI is InChI=1S/C23H26N6O2/c1-31-20-9-7-18(8-10-20)25-21-11-14-24-22(28-21)29-15-12-19(13-16-29)27-23(30)26-17-5-3-2-4-6-17/h2-11,14,19H,12-13,15-16H2,1H3,(H,24,25,28)(H2,26,27,30). The molecule has 3 aromatic rings. The van der Waals surface area contributed by atoms with Crippen LogP contribution in [0, 0.1) is 0 Å². The molecule has 0 atom stereocenters. The summed E-state index contributed by atoms with van der Waals surface area (Å²) in [6.07, 6.45) is 3.43. The van der Waals surface area contributed by atoms with E-state index in [4.69, 9.17) is 4.74 Å². The summed E-state index contributed by atoms with van der Waals surface area (Å²) < 4.78 is 5.19. The molecule has 1 fully saturated rings. The minimum absolute atomic E-state index is 0.126. The topological polar surface area (TPSA) is 91.4 Å². The number of carbonyl (C=O) groups is 1. The Morgan fingerprint density at radius 3 is 2.45 bits per heavy atom. The molecule has 4 rings (SSSR count). The Morgan fingerprint density at radius 2 is 1.74 bits per heavy atom. The number of nitrogens with zero attached hydrogens (tertiary/aromatic N) is 3. The Labute approximate surface area is 181 Å². The van der Waals surface area contributed by atoms with Crippen molar-refractivity contribution >= 4 is 29.2 Å². The van der Waals surface area contributed by atoms with Crippen LogP contribution in [-0.2, 0) is 0 Å². The van der Waals surface area contributed by atoms with Crippen LogP contribution in [0.15, 0.2) is 66.9 Å². The van der Waals surface area contributed by atoms with E-state index in [2.05, 4.69) is 30.8 Å². The number of amides is 2. The van der Waals surface area contributed by atoms with Crippen LogP contribution in [0.25, 0.3) is 0 Å². The lowest BCUT2D eigenvalue weighted by Crippen LogP contribution is -2.46. The van der Waals surface area contributed by atoms with Crippen LogP contribution in [0.3, 0.4) is 0 Å². The van der Waals surface area contributed by atoms with Crippen LogP contribution < -0.4 is 25.6 Å². The third-order valence-electron chi connectivity index (χ3n) is 5.15. The fourth-order valence-corrected chi connectivity index (χ4v) is 3.49. The molecular weight excluding hydrogens is 392 g/mol. The van der Waals surface area contributed by atoms with Gasteiger partial charge in [0.25, 0.3) is 0 Å². The zero-order valence-corrected chi connectivity index (χ0v) is 17.4. The van der Waals surface area contributed by atoms with Gasteiger partial charge in [0.05, 0.1) is 7.11 Å². The number of rotatable bonds is 6. The summed E-state index contributed by atoms with van der Waals surface area (Å²) in [7, 11) is 1.65. The molecule has 8 nitrogen and oxygen atoms in total. The van der Waals surface area contributed by atoms with Gasteiger partial charge in [-0.1, -0.05) is 18.2 Å². The van der Waals surface area contributed by atoms with Crippen LogP contribution in [-0.4, -0.2) is 42.2 Å². The van der Waals surface area contributed by atoms with Crippen molar-refractivity contribution in [3.8, 4) is 5.75 Å². The lowest BCUT2D eigenvalue weighted by Gasteiger charge is -2.32. The van der Waals surface area contributed by atoms with Gasteiger partial charge in [0.1, 0.15) is 11.6 Å². The lowest BCUT2D eigenvalue weighted by atomic mass is 10.1. The number of anilines is 4. The average molecular weight is 419 g/mol. The Balaban J connectivity index is 1.29. The summed E-state index contributed by atoms with van der Waals surface area (Å²) in [5, 5.41) is 9.21. The van der Waals surface area contributed by atoms with Gasteiger partial charge in [-0.15, -0.1) is 0 Å². The highest BCUT2D eigenvalue weighted by atomic mass is 16.5. The number of methoxy groups -OCH3 is 1. The molecule has 1 aromatic heterocycles. The molecule has 3 N–H and O–H groups in total. The van der Waals surface area contributed by atoms with E-state index >= 15 is 0 Å². The summed E-state index contributed by atoms with van der Waals surface area (Å²) in [6, 6.07) is 18.9. The molecule has 1 aliphatic rings. The minimum Gasteiger partial charge on any atom is -0.497 e. The molecule has 1 saturated heterocycles. The van der Waals surface area contributed by atoms with E-state index in [1.54, 1.807) is 13.3 Å². The van der Waals surface area contributed by atoms with E-state index in [1.807, 2.05) is 60.7 Å². The van der Waals surface area contributed by atoms with Gasteiger partial charge >= 0.3 is 6.03 Å². The summed E-state index contributed by atoms with van der Waals surface area (Å²) in [6.45, 7) is 1.56. The number of nitrogens with one attached hydrogen (secondary N) is 3. The third kappa shape index (κ3) is 5.63. The van der Waals surface area contributed by atoms with E-state index in [-0.39, 0.29) is 12.1 Å². The number of urea groups is 1. The van der Waals surface area contributed by atoms with E-state index in [0.717, 1.165) is 48.9 Å². The number of aromatic nitrogens is 2. The van der Waals surface area contributed by atoms with Crippen LogP contribution >= 0.6 is 0 Å². The van der Waals surface area contributed by atoms with Gasteiger partial charge in [0.2, 0.25) is 5.95 Å². The van der Waals surface area contributed by atoms with Crippen molar-refractivity contribution in [1.29, 1.82) is 0 Å². The largest absolute Gasteiger partial charge is 0.497 e. The van der Waals surface area contributed by atoms with Crippen LogP contribution in [0.2, 0.25) is 0 Å². The second-order valence-corrected chi connectivity index (χ2v) is 7.32. The van der Waals surface area contributed by atoms with Crippen LogP contribution in [0.1, 0.15) is 12.8 Å². The number of hydrogen-bond acceptors (Lipinski definition) is 6. The molecule has 2 aromatic carbocycles. The lowest BCUT2D eigenvalue weighted by molar-refractivity contribution is 0.246. The fraction of sp³-hybridized carbons (Fsp3) is 0.261. The van der Waals surface area contributed by atoms with Gasteiger partial charge in [-0.3, -0.25) is 0 Å². The zero-order chi connectivity index (χ0) is 21.5. The molecule has 0 aliphatic carbocycles. The normalized spacial score (nSPS) is 14.0. The first-order chi connectivity index (χ1) is 15.2. The van der Waals surface area contributed by atoms with Gasteiger partial charge in [-0.25, -0.2) is 9.78 Å². The molecule has 1 aliphatic heterocycles. The number of ether oxygens (including phenoxy) is 1. The number of benzene rings is 2. The van der Waals surface area contributed by atoms with Crippen molar-refractivity contribution in [2.24, 2.45) is 0 Å². The Hall–Kier alpha value is -3.81. The van der Waals surface area contributed by atoms with Gasteiger partial charge in [-0.05, 0) is 55.3 Å². The number of carbonyl (C=O) groups excluding carboxylic acids is 1. The third-order valence-corrected chi connectivity index (χ3v) is 5.15. The average Bonchev–Trinajstić information content (AvgIpc) is 2.81. The monoisotopic (exact) mass is 418 g/mol. The second kappa shape index (κ2) is 9.80. The molecule has 0 spiro atoms. The highest BCUT2D eigenvalue weighted by Crippen LogP contribution is 2.21. The van der Waals surface area contributed by atoms with E-state index in [1.165, 1.54) is 0 Å². The maximum atomic E-state index is 12.2. The van der Waals surface area contributed by atoms with Crippen molar-refractivity contribution < 1.29 is 9.53 Å². The molecule has 2 amide bonds. The van der Waals surface area contributed by atoms with Gasteiger partial charge in [-0.2, -0.15) is 4.98 Å². The number of para-hydroxylation sites is 1. The first kappa shape index (κ1) is 20.5. The highest BCUT2D eigenvalue weighted by molar-refractivity contribution is 5.89. The second-order valence-electron chi connectivity index (χ2n) is 7.32. The zero-order valence-electron chi connectivity index (χ0n) is 17.4. The van der Waals surface area contributed by atoms with Gasteiger partial charge < -0.3 is 25.6 Å². The van der Waals surface area contributed by atoms with Crippen LogP contribution in [0.4, 0.5) is 27.9 Å². The van der Waals surface area contributed by atoms with Crippen molar-refractivity contribution in [2.45, 2.75) is 18.9 Å². The first-order valence-electron chi connectivity index (χ1n) is 10.3. The summed E-state index contributed by atoms with van der Waals surface area (Å²) in [5.41, 5.74) is 1.71. The Morgan fingerprint density at radius 1 is 1.00 bits per heavy atom. The van der Waals surface area contributed by atoms with E-state index < -0.39 is 0 Å². The van der Waals surface area contributed by atoms with Gasteiger partial charge in [0, 0.05) is 36.7 Å². The smallest absolute Gasteiger partial charge is 0.319 e. The molecule has 0 radical (unpaired) electrons. The van der Waals surface area contributed by atoms with E-state index in [9.17, 15) is 4.79 Å². The molecule has 8 heteroatoms. The predicted molar refractivity (Wildman–Crippen MR) is 122 cm³/mol. The quantitative estimate of drug-likeness (QED) is 0.560. The van der Waals surface area contributed by atoms with E-state index in [0.29, 0.717) is 5.95 Å². The summed E-state index contributed by atoms with van der Waals surface area (Å²) in [5.74, 6) is 2.23. The van der Waals surface area contributed by atoms with Crippen molar-refractivity contribution in [2.75, 3.05) is 35.7 Å². The van der Waals surface area contributed by atoms with Crippen molar-refractivity contribution in [3.63, 3.8) is 0 Å². The summed E-state index contributed by atoms with van der Waals surface area (Å²) in [4.78, 5) is 23.4. The maximum Gasteiger partial charge on any atom is 0.319 e. The predicted octanol–water partition coefficient (Wildman–Crippen LogP) is 4.02. The number of hydrogen-bond donors (Lipinski definition) is 3. The van der Waals surface area contributed by atoms with Crippen molar-refractivity contribution in [3.05, 3.63) is 66.9 Å². The highest BCUT2D eigenvalue weighted by Gasteiger charge is 2.22. The first-order valence-corrected chi connectivity index (χ1v) is 10.3. The van der Waals surface area contributed by atoms with Crippen molar-refractivity contribution in [1.82, 2.24) is 15.3 Å². The molecule has 2 heterocycles. The van der Waals surface area contributed by atoms with Crippen LogP contribution in [0.5, 0.6) is 5.75 Å². The molecule has 31 heavy (non-hydrogen) atoms. The molecule has 0 bridgehead atoms. The minimum atomic E-state index is -0.174. The molecule has 0 saturated carbocycles. The molecular formula is C23H26N6O2. The molecule has 160 valence electrons.